The molecule has 292 valence electrons. The summed E-state index contributed by atoms with van der Waals surface area (Å²) in [6.07, 6.45) is 1.75. The van der Waals surface area contributed by atoms with Gasteiger partial charge in [-0.3, -0.25) is 4.99 Å². The number of allylic oxidation sites excluding steroid dienone is 1. The van der Waals surface area contributed by atoms with E-state index < -0.39 is 0 Å². The number of fused-ring (bicyclic) bond motifs is 9. The Hall–Kier alpha value is -7.39. The second-order valence-corrected chi connectivity index (χ2v) is 16.6. The Kier molecular flexibility index (Phi) is 10.1. The molecule has 0 radical (unpaired) electrons. The zero-order valence-corrected chi connectivity index (χ0v) is 34.9. The van der Waals surface area contributed by atoms with Crippen LogP contribution in [0.2, 0.25) is 0 Å². The van der Waals surface area contributed by atoms with Crippen LogP contribution in [0.1, 0.15) is 23.6 Å². The van der Waals surface area contributed by atoms with Gasteiger partial charge >= 0.3 is 0 Å². The summed E-state index contributed by atoms with van der Waals surface area (Å²) in [6, 6.07) is 56.0. The van der Waals surface area contributed by atoms with Gasteiger partial charge in [0.05, 0.1) is 28.0 Å². The van der Waals surface area contributed by atoms with Crippen molar-refractivity contribution in [1.82, 2.24) is 9.97 Å². The molecule has 0 saturated carbocycles. The number of amidine groups is 2. The standard InChI is InChI=1S/C50H31N5OS2.C3H6/c1-51-48(32-26-27-35-34-19-8-10-24-40(34)57-42(35)28-32)55-49(31-16-6-3-7-17-31)52-29-33-18-12-23-39-43(33)37-21-13-22-38(46(37)56-39)50-53-44(30-14-4-2-5-15-30)47-45(54-50)36-20-9-11-25-41(36)58-47;1-3-2/h2-28H,1,29H2;3H,1H2,2H3. The zero-order valence-electron chi connectivity index (χ0n) is 33.2. The minimum atomic E-state index is 0.366. The van der Waals surface area contributed by atoms with Gasteiger partial charge in [-0.2, -0.15) is 0 Å². The van der Waals surface area contributed by atoms with E-state index in [1.54, 1.807) is 28.7 Å². The Morgan fingerprint density at radius 1 is 0.639 bits per heavy atom. The molecule has 0 amide bonds. The van der Waals surface area contributed by atoms with E-state index in [-0.39, 0.29) is 0 Å². The van der Waals surface area contributed by atoms with Crippen molar-refractivity contribution >= 4 is 103 Å². The lowest BCUT2D eigenvalue weighted by Crippen LogP contribution is -2.05. The Labute approximate surface area is 360 Å². The van der Waals surface area contributed by atoms with Crippen LogP contribution in [0, 0.1) is 0 Å². The maximum absolute atomic E-state index is 6.72. The summed E-state index contributed by atoms with van der Waals surface area (Å²) in [6.45, 7) is 9.54. The minimum absolute atomic E-state index is 0.366. The monoisotopic (exact) mass is 823 g/mol. The Bertz CT molecular complexity index is 3510. The van der Waals surface area contributed by atoms with Gasteiger partial charge in [0.25, 0.3) is 0 Å². The summed E-state index contributed by atoms with van der Waals surface area (Å²) < 4.78 is 11.4. The van der Waals surface area contributed by atoms with Crippen molar-refractivity contribution in [3.63, 3.8) is 0 Å². The minimum Gasteiger partial charge on any atom is -0.455 e. The van der Waals surface area contributed by atoms with Crippen molar-refractivity contribution in [1.29, 1.82) is 0 Å². The Morgan fingerprint density at radius 3 is 2.10 bits per heavy atom. The molecule has 0 saturated heterocycles. The molecule has 0 fully saturated rings. The predicted molar refractivity (Wildman–Crippen MR) is 261 cm³/mol. The van der Waals surface area contributed by atoms with Gasteiger partial charge in [-0.25, -0.2) is 20.0 Å². The molecule has 0 spiro atoms. The first-order valence-electron chi connectivity index (χ1n) is 19.9. The fourth-order valence-electron chi connectivity index (χ4n) is 7.83. The van der Waals surface area contributed by atoms with Crippen molar-refractivity contribution in [2.24, 2.45) is 15.0 Å². The van der Waals surface area contributed by atoms with Gasteiger partial charge < -0.3 is 4.42 Å². The molecule has 61 heavy (non-hydrogen) atoms. The summed E-state index contributed by atoms with van der Waals surface area (Å²) >= 11 is 3.49. The van der Waals surface area contributed by atoms with Gasteiger partial charge in [-0.05, 0) is 49.5 Å². The quantitative estimate of drug-likeness (QED) is 0.0952. The first kappa shape index (κ1) is 37.9. The highest BCUT2D eigenvalue weighted by atomic mass is 32.1. The van der Waals surface area contributed by atoms with E-state index in [1.165, 1.54) is 24.9 Å². The van der Waals surface area contributed by atoms with Gasteiger partial charge in [0, 0.05) is 57.7 Å². The first-order valence-corrected chi connectivity index (χ1v) is 21.6. The fraction of sp³-hybridized carbons (Fsp3) is 0.0377. The maximum Gasteiger partial charge on any atom is 0.164 e. The number of hydrogen-bond acceptors (Lipinski definition) is 6. The van der Waals surface area contributed by atoms with E-state index >= 15 is 0 Å². The molecule has 4 heterocycles. The molecule has 8 heteroatoms. The van der Waals surface area contributed by atoms with Crippen LogP contribution >= 0.6 is 22.7 Å². The number of rotatable bonds is 6. The van der Waals surface area contributed by atoms with E-state index in [2.05, 4.69) is 134 Å². The van der Waals surface area contributed by atoms with Crippen molar-refractivity contribution in [3.8, 4) is 22.6 Å². The number of nitrogens with zero attached hydrogens (tertiary/aromatic N) is 5. The number of thiophene rings is 2. The molecule has 0 aliphatic heterocycles. The van der Waals surface area contributed by atoms with Crippen molar-refractivity contribution < 1.29 is 4.42 Å². The van der Waals surface area contributed by atoms with Crippen LogP contribution in [0.15, 0.2) is 196 Å². The van der Waals surface area contributed by atoms with Crippen molar-refractivity contribution in [2.45, 2.75) is 13.5 Å². The number of para-hydroxylation sites is 1. The van der Waals surface area contributed by atoms with E-state index in [0.29, 0.717) is 24.0 Å². The molecular formula is C53H37N5OS2. The fourth-order valence-corrected chi connectivity index (χ4v) is 10.1. The molecule has 0 bridgehead atoms. The van der Waals surface area contributed by atoms with Crippen molar-refractivity contribution in [3.05, 3.63) is 193 Å². The van der Waals surface area contributed by atoms with Gasteiger partial charge in [-0.15, -0.1) is 29.3 Å². The van der Waals surface area contributed by atoms with Crippen LogP contribution in [0.25, 0.3) is 85.1 Å². The van der Waals surface area contributed by atoms with E-state index in [0.717, 1.165) is 71.1 Å². The SMILES string of the molecule is C=CC.C=NC(=NC(=NCc1cccc2oc3c(-c4nc(-c5ccccc5)c5sc6ccccc6c5n4)cccc3c12)c1ccccc1)c1ccc2c(c1)sc1ccccc12. The van der Waals surface area contributed by atoms with Gasteiger partial charge in [-0.1, -0.05) is 140 Å². The number of aromatic nitrogens is 2. The third kappa shape index (κ3) is 7.01. The van der Waals surface area contributed by atoms with Gasteiger partial charge in [0.15, 0.2) is 17.5 Å². The van der Waals surface area contributed by atoms with Crippen LogP contribution in [-0.2, 0) is 6.54 Å². The molecule has 0 aliphatic carbocycles. The third-order valence-corrected chi connectivity index (χ3v) is 12.8. The lowest BCUT2D eigenvalue weighted by atomic mass is 10.0. The van der Waals surface area contributed by atoms with Gasteiger partial charge in [0.1, 0.15) is 11.2 Å². The average molecular weight is 824 g/mol. The van der Waals surface area contributed by atoms with Crippen LogP contribution in [-0.4, -0.2) is 28.4 Å². The molecule has 4 aromatic heterocycles. The summed E-state index contributed by atoms with van der Waals surface area (Å²) in [7, 11) is 0. The topological polar surface area (TPSA) is 76.0 Å². The smallest absolute Gasteiger partial charge is 0.164 e. The first-order chi connectivity index (χ1) is 30.1. The van der Waals surface area contributed by atoms with Crippen molar-refractivity contribution in [2.75, 3.05) is 0 Å². The molecule has 0 unspecified atom stereocenters. The highest BCUT2D eigenvalue weighted by Crippen LogP contribution is 2.42. The lowest BCUT2D eigenvalue weighted by molar-refractivity contribution is 0.669. The zero-order chi connectivity index (χ0) is 41.3. The lowest BCUT2D eigenvalue weighted by Gasteiger charge is -2.08. The molecule has 0 atom stereocenters. The summed E-state index contributed by atoms with van der Waals surface area (Å²) in [4.78, 5) is 25.1. The second kappa shape index (κ2) is 16.3. The number of hydrogen-bond donors (Lipinski definition) is 0. The second-order valence-electron chi connectivity index (χ2n) is 14.4. The summed E-state index contributed by atoms with van der Waals surface area (Å²) in [5.74, 6) is 1.71. The number of benzene rings is 7. The Balaban J connectivity index is 0.00000144. The molecule has 0 N–H and O–H groups in total. The third-order valence-electron chi connectivity index (χ3n) is 10.5. The molecule has 7 aromatic carbocycles. The number of furan rings is 1. The van der Waals surface area contributed by atoms with Crippen LogP contribution in [0.5, 0.6) is 0 Å². The molecule has 11 aromatic rings. The molecule has 11 rings (SSSR count). The van der Waals surface area contributed by atoms with Gasteiger partial charge in [0.2, 0.25) is 0 Å². The average Bonchev–Trinajstić information content (AvgIpc) is 4.01. The van der Waals surface area contributed by atoms with E-state index in [1.807, 2.05) is 55.5 Å². The molecule has 0 aliphatic rings. The number of aliphatic imine (C=N–C) groups is 3. The maximum atomic E-state index is 6.72. The normalized spacial score (nSPS) is 12.1. The summed E-state index contributed by atoms with van der Waals surface area (Å²) in [5, 5.41) is 5.57. The molecular weight excluding hydrogens is 787 g/mol. The predicted octanol–water partition coefficient (Wildman–Crippen LogP) is 14.7. The highest BCUT2D eigenvalue weighted by molar-refractivity contribution is 7.26. The van der Waals surface area contributed by atoms with E-state index in [9.17, 15) is 0 Å². The Morgan fingerprint density at radius 2 is 1.31 bits per heavy atom. The van der Waals surface area contributed by atoms with Crippen LogP contribution < -0.4 is 0 Å². The van der Waals surface area contributed by atoms with Crippen LogP contribution in [0.3, 0.4) is 0 Å². The highest BCUT2D eigenvalue weighted by Gasteiger charge is 2.21. The van der Waals surface area contributed by atoms with Crippen LogP contribution in [0.4, 0.5) is 0 Å². The largest absolute Gasteiger partial charge is 0.455 e. The molecule has 6 nitrogen and oxygen atoms in total. The summed E-state index contributed by atoms with van der Waals surface area (Å²) in [5.41, 5.74) is 8.05. The van der Waals surface area contributed by atoms with E-state index in [4.69, 9.17) is 24.4 Å².